The van der Waals surface area contributed by atoms with Gasteiger partial charge in [-0.3, -0.25) is 4.79 Å². The second-order valence-electron chi connectivity index (χ2n) is 4.27. The number of phenolic OH excluding ortho intramolecular Hbond substituents is 1. The van der Waals surface area contributed by atoms with Crippen molar-refractivity contribution in [3.63, 3.8) is 0 Å². The van der Waals surface area contributed by atoms with E-state index in [0.29, 0.717) is 16.1 Å². The molecule has 2 N–H and O–H groups in total. The summed E-state index contributed by atoms with van der Waals surface area (Å²) in [4.78, 5) is 12.1. The van der Waals surface area contributed by atoms with Gasteiger partial charge in [-0.1, -0.05) is 35.9 Å². The number of carbonyl (C=O) groups excluding carboxylic acids is 1. The minimum atomic E-state index is -0.205. The molecule has 0 fully saturated rings. The largest absolute Gasteiger partial charge is 0.508 e. The zero-order chi connectivity index (χ0) is 13.8. The van der Waals surface area contributed by atoms with E-state index in [1.54, 1.807) is 36.4 Å². The van der Waals surface area contributed by atoms with E-state index in [2.05, 4.69) is 5.32 Å². The Labute approximate surface area is 116 Å². The van der Waals surface area contributed by atoms with E-state index in [9.17, 15) is 9.90 Å². The second kappa shape index (κ2) is 5.76. The fraction of sp³-hybridized carbons (Fsp3) is 0.133. The van der Waals surface area contributed by atoms with E-state index in [-0.39, 0.29) is 18.2 Å². The van der Waals surface area contributed by atoms with Gasteiger partial charge in [0, 0.05) is 22.7 Å². The number of amides is 1. The summed E-state index contributed by atoms with van der Waals surface area (Å²) in [6.07, 6.45) is 0. The molecule has 0 bridgehead atoms. The van der Waals surface area contributed by atoms with Crippen molar-refractivity contribution in [1.29, 1.82) is 0 Å². The van der Waals surface area contributed by atoms with Crippen molar-refractivity contribution in [1.82, 2.24) is 5.32 Å². The highest BCUT2D eigenvalue weighted by Crippen LogP contribution is 2.17. The maximum absolute atomic E-state index is 12.1. The average Bonchev–Trinajstić information content (AvgIpc) is 2.40. The van der Waals surface area contributed by atoms with Crippen LogP contribution in [0.2, 0.25) is 5.02 Å². The van der Waals surface area contributed by atoms with Gasteiger partial charge in [-0.2, -0.15) is 0 Å². The monoisotopic (exact) mass is 275 g/mol. The number of carbonyl (C=O) groups is 1. The highest BCUT2D eigenvalue weighted by molar-refractivity contribution is 6.31. The molecule has 0 heterocycles. The van der Waals surface area contributed by atoms with Crippen LogP contribution in [0, 0.1) is 6.92 Å². The van der Waals surface area contributed by atoms with Gasteiger partial charge < -0.3 is 10.4 Å². The molecule has 0 aliphatic heterocycles. The predicted molar refractivity (Wildman–Crippen MR) is 75.5 cm³/mol. The number of benzene rings is 2. The number of para-hydroxylation sites is 1. The molecule has 0 aliphatic rings. The van der Waals surface area contributed by atoms with Gasteiger partial charge in [0.2, 0.25) is 0 Å². The summed E-state index contributed by atoms with van der Waals surface area (Å²) in [7, 11) is 0. The average molecular weight is 276 g/mol. The second-order valence-corrected chi connectivity index (χ2v) is 4.71. The summed E-state index contributed by atoms with van der Waals surface area (Å²) in [6, 6.07) is 12.1. The Morgan fingerprint density at radius 3 is 2.74 bits per heavy atom. The molecular weight excluding hydrogens is 262 g/mol. The molecule has 0 radical (unpaired) electrons. The van der Waals surface area contributed by atoms with Gasteiger partial charge in [0.1, 0.15) is 5.75 Å². The molecule has 19 heavy (non-hydrogen) atoms. The minimum Gasteiger partial charge on any atom is -0.508 e. The van der Waals surface area contributed by atoms with Crippen molar-refractivity contribution in [3.05, 3.63) is 64.2 Å². The molecular formula is C15H14ClNO2. The fourth-order valence-corrected chi connectivity index (χ4v) is 1.94. The first-order valence-electron chi connectivity index (χ1n) is 5.89. The first-order valence-corrected chi connectivity index (χ1v) is 6.27. The lowest BCUT2D eigenvalue weighted by Crippen LogP contribution is -2.23. The molecule has 0 aliphatic carbocycles. The van der Waals surface area contributed by atoms with Gasteiger partial charge in [-0.25, -0.2) is 0 Å². The summed E-state index contributed by atoms with van der Waals surface area (Å²) in [6.45, 7) is 2.13. The van der Waals surface area contributed by atoms with Crippen molar-refractivity contribution in [3.8, 4) is 5.75 Å². The topological polar surface area (TPSA) is 49.3 Å². The lowest BCUT2D eigenvalue weighted by molar-refractivity contribution is 0.0950. The van der Waals surface area contributed by atoms with Crippen LogP contribution in [0.25, 0.3) is 0 Å². The summed E-state index contributed by atoms with van der Waals surface area (Å²) < 4.78 is 0. The smallest absolute Gasteiger partial charge is 0.251 e. The summed E-state index contributed by atoms with van der Waals surface area (Å²) in [5, 5.41) is 12.9. The highest BCUT2D eigenvalue weighted by atomic mass is 35.5. The molecule has 0 saturated carbocycles. The number of rotatable bonds is 3. The van der Waals surface area contributed by atoms with Crippen LogP contribution in [0.4, 0.5) is 0 Å². The van der Waals surface area contributed by atoms with Crippen molar-refractivity contribution >= 4 is 17.5 Å². The van der Waals surface area contributed by atoms with Crippen LogP contribution in [0.1, 0.15) is 21.5 Å². The number of hydrogen-bond acceptors (Lipinski definition) is 2. The number of halogens is 1. The van der Waals surface area contributed by atoms with Gasteiger partial charge in [0.05, 0.1) is 0 Å². The Balaban J connectivity index is 2.10. The van der Waals surface area contributed by atoms with Crippen LogP contribution in [-0.2, 0) is 6.54 Å². The molecule has 98 valence electrons. The molecule has 2 rings (SSSR count). The first-order chi connectivity index (χ1) is 9.08. The molecule has 0 atom stereocenters. The standard InChI is InChI=1S/C15H14ClNO2/c1-10-6-7-12(16)8-13(10)15(19)17-9-11-4-2-3-5-14(11)18/h2-8,18H,9H2,1H3,(H,17,19). The van der Waals surface area contributed by atoms with Crippen LogP contribution in [0.15, 0.2) is 42.5 Å². The molecule has 2 aromatic rings. The van der Waals surface area contributed by atoms with Crippen LogP contribution in [0.5, 0.6) is 5.75 Å². The van der Waals surface area contributed by atoms with E-state index in [4.69, 9.17) is 11.6 Å². The SMILES string of the molecule is Cc1ccc(Cl)cc1C(=O)NCc1ccccc1O. The predicted octanol–water partition coefficient (Wildman–Crippen LogP) is 3.28. The van der Waals surface area contributed by atoms with E-state index in [1.807, 2.05) is 13.0 Å². The van der Waals surface area contributed by atoms with Gasteiger partial charge in [0.15, 0.2) is 0 Å². The maximum atomic E-state index is 12.1. The van der Waals surface area contributed by atoms with Crippen molar-refractivity contribution in [2.24, 2.45) is 0 Å². The number of aryl methyl sites for hydroxylation is 1. The molecule has 0 aromatic heterocycles. The Hall–Kier alpha value is -2.00. The van der Waals surface area contributed by atoms with Crippen LogP contribution in [0.3, 0.4) is 0 Å². The van der Waals surface area contributed by atoms with E-state index in [0.717, 1.165) is 5.56 Å². The highest BCUT2D eigenvalue weighted by Gasteiger charge is 2.10. The quantitative estimate of drug-likeness (QED) is 0.903. The van der Waals surface area contributed by atoms with E-state index < -0.39 is 0 Å². The molecule has 0 saturated heterocycles. The van der Waals surface area contributed by atoms with Gasteiger partial charge in [-0.15, -0.1) is 0 Å². The Morgan fingerprint density at radius 1 is 1.26 bits per heavy atom. The zero-order valence-corrected chi connectivity index (χ0v) is 11.2. The zero-order valence-electron chi connectivity index (χ0n) is 10.5. The van der Waals surface area contributed by atoms with Crippen molar-refractivity contribution in [2.45, 2.75) is 13.5 Å². The van der Waals surface area contributed by atoms with Crippen molar-refractivity contribution < 1.29 is 9.90 Å². The van der Waals surface area contributed by atoms with E-state index in [1.165, 1.54) is 0 Å². The Bertz CT molecular complexity index is 611. The lowest BCUT2D eigenvalue weighted by atomic mass is 10.1. The van der Waals surface area contributed by atoms with Crippen molar-refractivity contribution in [2.75, 3.05) is 0 Å². The first kappa shape index (κ1) is 13.4. The minimum absolute atomic E-state index is 0.172. The van der Waals surface area contributed by atoms with E-state index >= 15 is 0 Å². The van der Waals surface area contributed by atoms with Gasteiger partial charge >= 0.3 is 0 Å². The molecule has 1 amide bonds. The molecule has 0 spiro atoms. The Morgan fingerprint density at radius 2 is 2.00 bits per heavy atom. The lowest BCUT2D eigenvalue weighted by Gasteiger charge is -2.09. The van der Waals surface area contributed by atoms with Crippen LogP contribution < -0.4 is 5.32 Å². The summed E-state index contributed by atoms with van der Waals surface area (Å²) in [5.41, 5.74) is 2.08. The maximum Gasteiger partial charge on any atom is 0.251 e. The van der Waals surface area contributed by atoms with Crippen LogP contribution in [-0.4, -0.2) is 11.0 Å². The number of hydrogen-bond donors (Lipinski definition) is 2. The summed E-state index contributed by atoms with van der Waals surface area (Å²) >= 11 is 5.88. The van der Waals surface area contributed by atoms with Crippen LogP contribution >= 0.6 is 11.6 Å². The molecule has 2 aromatic carbocycles. The molecule has 4 heteroatoms. The normalized spacial score (nSPS) is 10.2. The number of aromatic hydroxyl groups is 1. The number of phenols is 1. The third kappa shape index (κ3) is 3.26. The third-order valence-electron chi connectivity index (χ3n) is 2.88. The van der Waals surface area contributed by atoms with Gasteiger partial charge in [-0.05, 0) is 30.7 Å². The Kier molecular flexibility index (Phi) is 4.07. The fourth-order valence-electron chi connectivity index (χ4n) is 1.77. The number of nitrogens with one attached hydrogen (secondary N) is 1. The molecule has 0 unspecified atom stereocenters. The molecule has 3 nitrogen and oxygen atoms in total. The third-order valence-corrected chi connectivity index (χ3v) is 3.11. The van der Waals surface area contributed by atoms with Gasteiger partial charge in [0.25, 0.3) is 5.91 Å². The summed E-state index contributed by atoms with van der Waals surface area (Å²) in [5.74, 6) is -0.0335.